The fraction of sp³-hybridized carbons (Fsp3) is 0.375. The largest absolute Gasteiger partial charge is 0.424 e. The van der Waals surface area contributed by atoms with E-state index >= 15 is 0 Å². The highest BCUT2D eigenvalue weighted by molar-refractivity contribution is 9.10. The number of aromatic nitrogens is 4. The molecular formula is C16H17BrN4O3S. The number of thioether (sulfide) groups is 1. The van der Waals surface area contributed by atoms with Crippen molar-refractivity contribution in [2.45, 2.75) is 30.8 Å². The van der Waals surface area contributed by atoms with Crippen LogP contribution in [0.25, 0.3) is 10.9 Å². The lowest BCUT2D eigenvalue weighted by molar-refractivity contribution is 0.183. The average Bonchev–Trinajstić information content (AvgIpc) is 3.02. The summed E-state index contributed by atoms with van der Waals surface area (Å²) in [4.78, 5) is 17.6. The molecule has 25 heavy (non-hydrogen) atoms. The van der Waals surface area contributed by atoms with E-state index in [9.17, 15) is 4.79 Å². The number of hydrogen-bond donors (Lipinski definition) is 0. The molecule has 0 spiro atoms. The van der Waals surface area contributed by atoms with Gasteiger partial charge in [-0.1, -0.05) is 27.7 Å². The van der Waals surface area contributed by atoms with Crippen molar-refractivity contribution < 1.29 is 9.15 Å². The van der Waals surface area contributed by atoms with E-state index in [1.54, 1.807) is 24.7 Å². The van der Waals surface area contributed by atoms with Crippen molar-refractivity contribution in [2.24, 2.45) is 0 Å². The van der Waals surface area contributed by atoms with Crippen LogP contribution in [0.3, 0.4) is 0 Å². The van der Waals surface area contributed by atoms with Crippen LogP contribution in [-0.2, 0) is 11.3 Å². The van der Waals surface area contributed by atoms with Crippen LogP contribution < -0.4 is 5.56 Å². The molecule has 0 bridgehead atoms. The Morgan fingerprint density at radius 1 is 1.40 bits per heavy atom. The van der Waals surface area contributed by atoms with Crippen molar-refractivity contribution in [1.29, 1.82) is 0 Å². The highest BCUT2D eigenvalue weighted by atomic mass is 79.9. The molecule has 2 heterocycles. The molecule has 1 unspecified atom stereocenters. The van der Waals surface area contributed by atoms with E-state index in [0.29, 0.717) is 41.0 Å². The van der Waals surface area contributed by atoms with Crippen molar-refractivity contribution >= 4 is 38.6 Å². The molecule has 0 fully saturated rings. The van der Waals surface area contributed by atoms with Crippen molar-refractivity contribution in [3.8, 4) is 0 Å². The van der Waals surface area contributed by atoms with E-state index in [-0.39, 0.29) is 10.8 Å². The highest BCUT2D eigenvalue weighted by Gasteiger charge is 2.19. The predicted octanol–water partition coefficient (Wildman–Crippen LogP) is 3.35. The average molecular weight is 425 g/mol. The molecule has 0 aliphatic heterocycles. The Kier molecular flexibility index (Phi) is 5.55. The summed E-state index contributed by atoms with van der Waals surface area (Å²) >= 11 is 4.81. The topological polar surface area (TPSA) is 83.0 Å². The van der Waals surface area contributed by atoms with E-state index in [0.717, 1.165) is 4.47 Å². The van der Waals surface area contributed by atoms with Crippen LogP contribution in [0.5, 0.6) is 0 Å². The maximum atomic E-state index is 12.9. The van der Waals surface area contributed by atoms with Gasteiger partial charge in [-0.05, 0) is 25.1 Å². The Morgan fingerprint density at radius 2 is 2.20 bits per heavy atom. The van der Waals surface area contributed by atoms with E-state index in [4.69, 9.17) is 9.15 Å². The Hall–Kier alpha value is -1.71. The Labute approximate surface area is 156 Å². The van der Waals surface area contributed by atoms with Crippen LogP contribution in [0.2, 0.25) is 0 Å². The van der Waals surface area contributed by atoms with Gasteiger partial charge in [0, 0.05) is 18.5 Å². The quantitative estimate of drug-likeness (QED) is 0.443. The Balaban J connectivity index is 2.05. The third kappa shape index (κ3) is 3.94. The van der Waals surface area contributed by atoms with E-state index in [1.165, 1.54) is 11.8 Å². The predicted molar refractivity (Wildman–Crippen MR) is 98.9 cm³/mol. The number of hydrogen-bond acceptors (Lipinski definition) is 7. The van der Waals surface area contributed by atoms with Crippen LogP contribution >= 0.6 is 27.7 Å². The van der Waals surface area contributed by atoms with Crippen LogP contribution in [0.15, 0.2) is 37.0 Å². The van der Waals surface area contributed by atoms with Crippen molar-refractivity contribution in [3.05, 3.63) is 44.8 Å². The maximum Gasteiger partial charge on any atom is 0.262 e. The van der Waals surface area contributed by atoms with E-state index < -0.39 is 0 Å². The zero-order valence-corrected chi connectivity index (χ0v) is 16.4. The molecule has 0 saturated carbocycles. The van der Waals surface area contributed by atoms with Gasteiger partial charge in [-0.3, -0.25) is 9.36 Å². The summed E-state index contributed by atoms with van der Waals surface area (Å²) in [5, 5.41) is 8.93. The monoisotopic (exact) mass is 424 g/mol. The van der Waals surface area contributed by atoms with Gasteiger partial charge in [0.2, 0.25) is 11.8 Å². The minimum atomic E-state index is -0.130. The standard InChI is InChI=1S/C16H17BrN4O3S/c1-9(14-20-19-10(2)24-14)25-16-18-13-5-4-11(17)8-12(13)15(22)21(16)6-7-23-3/h4-5,8-9H,6-7H2,1-3H3. The van der Waals surface area contributed by atoms with Crippen molar-refractivity contribution in [1.82, 2.24) is 19.7 Å². The summed E-state index contributed by atoms with van der Waals surface area (Å²) in [6.45, 7) is 4.52. The molecule has 3 aromatic rings. The molecule has 0 N–H and O–H groups in total. The smallest absolute Gasteiger partial charge is 0.262 e. The summed E-state index contributed by atoms with van der Waals surface area (Å²) < 4.78 is 13.1. The summed E-state index contributed by atoms with van der Waals surface area (Å²) in [5.74, 6) is 1.02. The van der Waals surface area contributed by atoms with E-state index in [2.05, 4.69) is 31.1 Å². The first-order valence-corrected chi connectivity index (χ1v) is 9.32. The highest BCUT2D eigenvalue weighted by Crippen LogP contribution is 2.33. The van der Waals surface area contributed by atoms with E-state index in [1.807, 2.05) is 19.1 Å². The van der Waals surface area contributed by atoms with Gasteiger partial charge in [0.05, 0.1) is 29.3 Å². The molecule has 0 radical (unpaired) electrons. The molecule has 9 heteroatoms. The second-order valence-electron chi connectivity index (χ2n) is 5.42. The van der Waals surface area contributed by atoms with Gasteiger partial charge in [0.25, 0.3) is 5.56 Å². The van der Waals surface area contributed by atoms with Crippen LogP contribution in [0, 0.1) is 6.92 Å². The molecule has 0 saturated heterocycles. The lowest BCUT2D eigenvalue weighted by Crippen LogP contribution is -2.25. The second-order valence-corrected chi connectivity index (χ2v) is 7.65. The van der Waals surface area contributed by atoms with Gasteiger partial charge in [-0.15, -0.1) is 10.2 Å². The first-order chi connectivity index (χ1) is 12.0. The Morgan fingerprint density at radius 3 is 2.88 bits per heavy atom. The fourth-order valence-corrected chi connectivity index (χ4v) is 3.65. The molecule has 2 aromatic heterocycles. The lowest BCUT2D eigenvalue weighted by Gasteiger charge is -2.14. The number of rotatable bonds is 6. The summed E-state index contributed by atoms with van der Waals surface area (Å²) in [6, 6.07) is 5.48. The normalized spacial score (nSPS) is 12.6. The fourth-order valence-electron chi connectivity index (χ4n) is 2.33. The van der Waals surface area contributed by atoms with Crippen LogP contribution in [-0.4, -0.2) is 33.5 Å². The molecule has 7 nitrogen and oxygen atoms in total. The second kappa shape index (κ2) is 7.67. The maximum absolute atomic E-state index is 12.9. The van der Waals surface area contributed by atoms with Gasteiger partial charge in [0.15, 0.2) is 5.16 Å². The minimum Gasteiger partial charge on any atom is -0.424 e. The first-order valence-electron chi connectivity index (χ1n) is 7.65. The number of halogens is 1. The van der Waals surface area contributed by atoms with Crippen LogP contribution in [0.1, 0.15) is 24.0 Å². The van der Waals surface area contributed by atoms with Crippen molar-refractivity contribution in [2.75, 3.05) is 13.7 Å². The zero-order chi connectivity index (χ0) is 18.0. The van der Waals surface area contributed by atoms with Gasteiger partial charge in [0.1, 0.15) is 0 Å². The molecule has 132 valence electrons. The first kappa shape index (κ1) is 18.1. The number of fused-ring (bicyclic) bond motifs is 1. The molecule has 1 atom stereocenters. The SMILES string of the molecule is COCCn1c(SC(C)c2nnc(C)o2)nc2ccc(Br)cc2c1=O. The minimum absolute atomic E-state index is 0.0974. The van der Waals surface area contributed by atoms with Crippen molar-refractivity contribution in [3.63, 3.8) is 0 Å². The third-order valence-corrected chi connectivity index (χ3v) is 5.14. The van der Waals surface area contributed by atoms with Gasteiger partial charge in [-0.2, -0.15) is 0 Å². The lowest BCUT2D eigenvalue weighted by atomic mass is 10.2. The zero-order valence-electron chi connectivity index (χ0n) is 14.0. The summed E-state index contributed by atoms with van der Waals surface area (Å²) in [7, 11) is 1.60. The molecule has 0 amide bonds. The molecule has 0 aliphatic carbocycles. The van der Waals surface area contributed by atoms with Gasteiger partial charge in [-0.25, -0.2) is 4.98 Å². The third-order valence-electron chi connectivity index (χ3n) is 3.57. The molecule has 1 aromatic carbocycles. The summed E-state index contributed by atoms with van der Waals surface area (Å²) in [6.07, 6.45) is 0. The van der Waals surface area contributed by atoms with Gasteiger partial charge < -0.3 is 9.15 Å². The Bertz CT molecular complexity index is 956. The number of ether oxygens (including phenoxy) is 1. The number of benzene rings is 1. The van der Waals surface area contributed by atoms with Crippen LogP contribution in [0.4, 0.5) is 0 Å². The number of aryl methyl sites for hydroxylation is 1. The van der Waals surface area contributed by atoms with Gasteiger partial charge >= 0.3 is 0 Å². The summed E-state index contributed by atoms with van der Waals surface area (Å²) in [5.41, 5.74) is 0.554. The molecule has 3 rings (SSSR count). The molecule has 0 aliphatic rings. The number of nitrogens with zero attached hydrogens (tertiary/aromatic N) is 4. The number of methoxy groups -OCH3 is 1. The molecular weight excluding hydrogens is 408 g/mol.